The van der Waals surface area contributed by atoms with E-state index in [1.165, 1.54) is 47.2 Å². The van der Waals surface area contributed by atoms with Gasteiger partial charge in [0.25, 0.3) is 22.6 Å². The molecule has 0 saturated carbocycles. The maximum Gasteiger partial charge on any atom is 0.432 e. The first-order valence-electron chi connectivity index (χ1n) is 17.8. The molecule has 0 fully saturated rings. The standard InChI is InChI=1S/2C20H17F3N2O5/c1-2-30-18(26)19(27,20(21,22)23)15-12-24(11-13-7-4-3-5-8-13)17-14(15)9-6-10-16(17)25(28)29;1-2-30-19(18(26)27,20(21,22)23)15-12-24(11-13-7-4-3-5-8-13)17-14(15)9-6-10-16(17)25(28)29/h3-10,12,27H,2,11H2,1H3;3-10,12H,2,11H2,1H3,(H,26,27). The van der Waals surface area contributed by atoms with Gasteiger partial charge in [0.05, 0.1) is 16.5 Å². The molecule has 2 heterocycles. The number of carbonyl (C=O) groups is 2. The van der Waals surface area contributed by atoms with Crippen molar-refractivity contribution in [2.75, 3.05) is 13.2 Å². The van der Waals surface area contributed by atoms with Gasteiger partial charge in [-0.25, -0.2) is 9.59 Å². The van der Waals surface area contributed by atoms with Crippen LogP contribution in [0, 0.1) is 20.2 Å². The van der Waals surface area contributed by atoms with E-state index >= 15 is 0 Å². The summed E-state index contributed by atoms with van der Waals surface area (Å²) in [5.41, 5.74) is -9.02. The smallest absolute Gasteiger partial charge is 0.432 e. The number of carboxylic acids is 1. The zero-order chi connectivity index (χ0) is 44.2. The van der Waals surface area contributed by atoms with Crippen LogP contribution in [0.1, 0.15) is 36.1 Å². The van der Waals surface area contributed by atoms with E-state index in [2.05, 4.69) is 4.74 Å². The Morgan fingerprint density at radius 3 is 1.45 bits per heavy atom. The Bertz CT molecular complexity index is 2540. The van der Waals surface area contributed by atoms with Crippen LogP contribution < -0.4 is 0 Å². The highest BCUT2D eigenvalue weighted by Crippen LogP contribution is 2.48. The minimum atomic E-state index is -5.42. The number of ether oxygens (including phenoxy) is 2. The van der Waals surface area contributed by atoms with E-state index < -0.39 is 74.4 Å². The molecule has 60 heavy (non-hydrogen) atoms. The zero-order valence-corrected chi connectivity index (χ0v) is 31.4. The molecular weight excluding hydrogens is 810 g/mol. The number of aliphatic hydroxyl groups is 1. The number of hydrogen-bond donors (Lipinski definition) is 2. The lowest BCUT2D eigenvalue weighted by Crippen LogP contribution is -2.51. The molecule has 2 unspecified atom stereocenters. The molecule has 0 saturated heterocycles. The number of halogens is 6. The van der Waals surface area contributed by atoms with Crippen LogP contribution in [0.5, 0.6) is 0 Å². The zero-order valence-electron chi connectivity index (χ0n) is 31.4. The number of nitrogens with zero attached hydrogens (tertiary/aromatic N) is 4. The molecule has 20 heteroatoms. The second-order valence-electron chi connectivity index (χ2n) is 13.0. The van der Waals surface area contributed by atoms with Crippen LogP contribution in [0.15, 0.2) is 109 Å². The van der Waals surface area contributed by atoms with Crippen molar-refractivity contribution in [3.63, 3.8) is 0 Å². The number of benzene rings is 4. The van der Waals surface area contributed by atoms with E-state index in [1.54, 1.807) is 60.7 Å². The predicted molar refractivity (Wildman–Crippen MR) is 202 cm³/mol. The Balaban J connectivity index is 0.000000228. The number of non-ortho nitro benzene ring substituents is 2. The lowest BCUT2D eigenvalue weighted by molar-refractivity contribution is -0.383. The number of hydrogen-bond acceptors (Lipinski definition) is 9. The monoisotopic (exact) mass is 844 g/mol. The molecule has 2 aromatic heterocycles. The van der Waals surface area contributed by atoms with E-state index in [9.17, 15) is 66.4 Å². The van der Waals surface area contributed by atoms with Gasteiger partial charge in [0.15, 0.2) is 0 Å². The van der Waals surface area contributed by atoms with Gasteiger partial charge in [-0.15, -0.1) is 0 Å². The lowest BCUT2D eigenvalue weighted by atomic mass is 9.92. The molecule has 6 aromatic rings. The number of nitro groups is 2. The van der Waals surface area contributed by atoms with Gasteiger partial charge in [0.1, 0.15) is 11.0 Å². The van der Waals surface area contributed by atoms with Gasteiger partial charge >= 0.3 is 24.3 Å². The summed E-state index contributed by atoms with van der Waals surface area (Å²) in [5, 5.41) is 42.7. The van der Waals surface area contributed by atoms with E-state index in [0.717, 1.165) is 24.5 Å². The minimum Gasteiger partial charge on any atom is -0.479 e. The third kappa shape index (κ3) is 8.10. The molecular formula is C40H34F6N4O10. The van der Waals surface area contributed by atoms with Crippen LogP contribution >= 0.6 is 0 Å². The lowest BCUT2D eigenvalue weighted by Gasteiger charge is -2.31. The van der Waals surface area contributed by atoms with Crippen LogP contribution in [0.4, 0.5) is 37.7 Å². The molecule has 0 aliphatic carbocycles. The fourth-order valence-electron chi connectivity index (χ4n) is 6.79. The van der Waals surface area contributed by atoms with E-state index in [1.807, 2.05) is 0 Å². The fraction of sp³-hybridized carbons (Fsp3) is 0.250. The third-order valence-corrected chi connectivity index (χ3v) is 9.35. The number of carbonyl (C=O) groups excluding carboxylic acids is 1. The Labute approximate surface area is 335 Å². The molecule has 0 radical (unpaired) electrons. The number of aliphatic carboxylic acids is 1. The second-order valence-corrected chi connectivity index (χ2v) is 13.0. The van der Waals surface area contributed by atoms with Crippen LogP contribution in [-0.2, 0) is 43.4 Å². The first-order chi connectivity index (χ1) is 28.2. The molecule has 0 aliphatic rings. The molecule has 0 aliphatic heterocycles. The SMILES string of the molecule is CCOC(=O)C(O)(c1cn(Cc2ccccc2)c2c([N+](=O)[O-])cccc12)C(F)(F)F.CCOC(C(=O)O)(c1cn(Cc2ccccc2)c2c([N+](=O)[O-])cccc12)C(F)(F)F. The van der Waals surface area contributed by atoms with Crippen molar-refractivity contribution in [1.29, 1.82) is 0 Å². The van der Waals surface area contributed by atoms with Gasteiger partial charge in [0.2, 0.25) is 0 Å². The van der Waals surface area contributed by atoms with Crippen molar-refractivity contribution in [2.24, 2.45) is 0 Å². The molecule has 2 N–H and O–H groups in total. The fourth-order valence-corrected chi connectivity index (χ4v) is 6.79. The number of rotatable bonds is 13. The predicted octanol–water partition coefficient (Wildman–Crippen LogP) is 8.39. The van der Waals surface area contributed by atoms with Gasteiger partial charge in [-0.1, -0.05) is 84.9 Å². The number of aromatic nitrogens is 2. The largest absolute Gasteiger partial charge is 0.479 e. The maximum absolute atomic E-state index is 14.1. The average Bonchev–Trinajstić information content (AvgIpc) is 3.75. The minimum absolute atomic E-state index is 0.00186. The van der Waals surface area contributed by atoms with Crippen molar-refractivity contribution < 1.29 is 65.5 Å². The first kappa shape index (κ1) is 44.3. The molecule has 0 amide bonds. The van der Waals surface area contributed by atoms with Crippen molar-refractivity contribution >= 4 is 45.1 Å². The Hall–Kier alpha value is -6.80. The van der Waals surface area contributed by atoms with E-state index in [0.29, 0.717) is 11.1 Å². The van der Waals surface area contributed by atoms with Crippen LogP contribution in [0.3, 0.4) is 0 Å². The highest BCUT2D eigenvalue weighted by Gasteiger charge is 2.65. The highest BCUT2D eigenvalue weighted by atomic mass is 19.4. The van der Waals surface area contributed by atoms with E-state index in [4.69, 9.17) is 4.74 Å². The summed E-state index contributed by atoms with van der Waals surface area (Å²) < 4.78 is 95.7. The van der Waals surface area contributed by atoms with Gasteiger partial charge in [-0.3, -0.25) is 20.2 Å². The third-order valence-electron chi connectivity index (χ3n) is 9.35. The summed E-state index contributed by atoms with van der Waals surface area (Å²) in [7, 11) is 0. The number of esters is 1. The Morgan fingerprint density at radius 1 is 0.650 bits per heavy atom. The summed E-state index contributed by atoms with van der Waals surface area (Å²) in [5.74, 6) is -4.15. The number of fused-ring (bicyclic) bond motifs is 2. The van der Waals surface area contributed by atoms with Crippen molar-refractivity contribution in [3.8, 4) is 0 Å². The average molecular weight is 845 g/mol. The number of alkyl halides is 6. The van der Waals surface area contributed by atoms with Crippen molar-refractivity contribution in [3.05, 3.63) is 152 Å². The molecule has 316 valence electrons. The van der Waals surface area contributed by atoms with Gasteiger partial charge < -0.3 is 28.8 Å². The van der Waals surface area contributed by atoms with Crippen LogP contribution in [-0.4, -0.2) is 66.7 Å². The summed E-state index contributed by atoms with van der Waals surface area (Å²) >= 11 is 0. The number of nitro benzene ring substituents is 2. The maximum atomic E-state index is 14.1. The van der Waals surface area contributed by atoms with Gasteiger partial charge in [-0.2, -0.15) is 26.3 Å². The summed E-state index contributed by atoms with van der Waals surface area (Å²) in [4.78, 5) is 45.7. The number of carboxylic acid groups (broad SMARTS) is 1. The van der Waals surface area contributed by atoms with Crippen molar-refractivity contribution in [1.82, 2.24) is 9.13 Å². The second kappa shape index (κ2) is 17.2. The quantitative estimate of drug-likeness (QED) is 0.0494. The summed E-state index contributed by atoms with van der Waals surface area (Å²) in [6, 6.07) is 24.3. The Kier molecular flexibility index (Phi) is 12.7. The van der Waals surface area contributed by atoms with E-state index in [-0.39, 0.29) is 41.5 Å². The highest BCUT2D eigenvalue weighted by molar-refractivity contribution is 5.97. The molecule has 6 rings (SSSR count). The molecule has 2 atom stereocenters. The molecule has 4 aromatic carbocycles. The number of para-hydroxylation sites is 2. The molecule has 0 spiro atoms. The molecule has 0 bridgehead atoms. The normalized spacial score (nSPS) is 13.8. The van der Waals surface area contributed by atoms with Gasteiger partial charge in [-0.05, 0) is 25.0 Å². The summed E-state index contributed by atoms with van der Waals surface area (Å²) in [6.45, 7) is 1.61. The van der Waals surface area contributed by atoms with Crippen LogP contribution in [0.2, 0.25) is 0 Å². The topological polar surface area (TPSA) is 189 Å². The first-order valence-corrected chi connectivity index (χ1v) is 17.8. The van der Waals surface area contributed by atoms with Crippen molar-refractivity contribution in [2.45, 2.75) is 50.5 Å². The van der Waals surface area contributed by atoms with Crippen LogP contribution in [0.25, 0.3) is 21.8 Å². The molecule has 14 nitrogen and oxygen atoms in total. The Morgan fingerprint density at radius 2 is 1.08 bits per heavy atom. The summed E-state index contributed by atoms with van der Waals surface area (Å²) in [6.07, 6.45) is -8.85. The van der Waals surface area contributed by atoms with Gasteiger partial charge in [0, 0.05) is 66.1 Å².